The first-order valence-electron chi connectivity index (χ1n) is 8.48. The van der Waals surface area contributed by atoms with Crippen molar-refractivity contribution in [3.05, 3.63) is 101 Å². The SMILES string of the molecule is O=S(=O)(NCc1cccc(COCc2ccccc2)c1)c1ccccc1F. The van der Waals surface area contributed by atoms with Crippen LogP contribution in [0.2, 0.25) is 0 Å². The van der Waals surface area contributed by atoms with Gasteiger partial charge in [0.1, 0.15) is 10.7 Å². The summed E-state index contributed by atoms with van der Waals surface area (Å²) in [7, 11) is -3.91. The van der Waals surface area contributed by atoms with Crippen LogP contribution in [-0.2, 0) is 34.5 Å². The largest absolute Gasteiger partial charge is 0.372 e. The van der Waals surface area contributed by atoms with Crippen molar-refractivity contribution >= 4 is 10.0 Å². The molecule has 3 aromatic rings. The lowest BCUT2D eigenvalue weighted by Crippen LogP contribution is -2.24. The number of nitrogens with one attached hydrogen (secondary N) is 1. The molecule has 0 saturated heterocycles. The quantitative estimate of drug-likeness (QED) is 0.637. The standard InChI is InChI=1S/C21H20FNO3S/c22-20-11-4-5-12-21(20)27(24,25)23-14-18-9-6-10-19(13-18)16-26-15-17-7-2-1-3-8-17/h1-13,23H,14-16H2. The van der Waals surface area contributed by atoms with Crippen molar-refractivity contribution in [2.45, 2.75) is 24.7 Å². The van der Waals surface area contributed by atoms with Crippen LogP contribution in [0, 0.1) is 5.82 Å². The molecule has 0 spiro atoms. The van der Waals surface area contributed by atoms with E-state index in [2.05, 4.69) is 4.72 Å². The molecule has 0 unspecified atom stereocenters. The molecule has 140 valence electrons. The highest BCUT2D eigenvalue weighted by molar-refractivity contribution is 7.89. The van der Waals surface area contributed by atoms with E-state index in [1.165, 1.54) is 18.2 Å². The fourth-order valence-electron chi connectivity index (χ4n) is 2.61. The normalized spacial score (nSPS) is 11.4. The summed E-state index contributed by atoms with van der Waals surface area (Å²) in [5, 5.41) is 0. The van der Waals surface area contributed by atoms with Gasteiger partial charge in [-0.1, -0.05) is 66.7 Å². The third kappa shape index (κ3) is 5.47. The molecule has 6 heteroatoms. The molecular weight excluding hydrogens is 365 g/mol. The van der Waals surface area contributed by atoms with Crippen molar-refractivity contribution in [1.82, 2.24) is 4.72 Å². The molecule has 0 amide bonds. The molecular formula is C21H20FNO3S. The molecule has 3 aromatic carbocycles. The smallest absolute Gasteiger partial charge is 0.243 e. The number of benzene rings is 3. The Morgan fingerprint density at radius 2 is 1.41 bits per heavy atom. The molecule has 0 aliphatic carbocycles. The first-order valence-corrected chi connectivity index (χ1v) is 9.96. The summed E-state index contributed by atoms with van der Waals surface area (Å²) in [5.41, 5.74) is 2.80. The number of hydrogen-bond acceptors (Lipinski definition) is 3. The van der Waals surface area contributed by atoms with E-state index in [4.69, 9.17) is 4.74 Å². The number of halogens is 1. The van der Waals surface area contributed by atoms with E-state index in [0.29, 0.717) is 13.2 Å². The van der Waals surface area contributed by atoms with Crippen molar-refractivity contribution in [2.75, 3.05) is 0 Å². The van der Waals surface area contributed by atoms with Crippen LogP contribution in [0.15, 0.2) is 83.8 Å². The Hall–Kier alpha value is -2.54. The second-order valence-electron chi connectivity index (χ2n) is 6.05. The summed E-state index contributed by atoms with van der Waals surface area (Å²) in [4.78, 5) is -0.354. The highest BCUT2D eigenvalue weighted by Gasteiger charge is 2.17. The minimum absolute atomic E-state index is 0.0726. The van der Waals surface area contributed by atoms with Gasteiger partial charge in [-0.2, -0.15) is 0 Å². The summed E-state index contributed by atoms with van der Waals surface area (Å²) in [5.74, 6) is -0.770. The molecule has 0 fully saturated rings. The molecule has 0 atom stereocenters. The summed E-state index contributed by atoms with van der Waals surface area (Å²) >= 11 is 0. The van der Waals surface area contributed by atoms with E-state index >= 15 is 0 Å². The molecule has 0 aromatic heterocycles. The van der Waals surface area contributed by atoms with Crippen molar-refractivity contribution in [2.24, 2.45) is 0 Å². The molecule has 27 heavy (non-hydrogen) atoms. The van der Waals surface area contributed by atoms with Crippen LogP contribution in [0.3, 0.4) is 0 Å². The van der Waals surface area contributed by atoms with Gasteiger partial charge in [0.25, 0.3) is 0 Å². The average Bonchev–Trinajstić information content (AvgIpc) is 2.68. The Kier molecular flexibility index (Phi) is 6.34. The first-order chi connectivity index (χ1) is 13.0. The van der Waals surface area contributed by atoms with Gasteiger partial charge >= 0.3 is 0 Å². The Labute approximate surface area is 158 Å². The lowest BCUT2D eigenvalue weighted by molar-refractivity contribution is 0.107. The Balaban J connectivity index is 1.58. The lowest BCUT2D eigenvalue weighted by atomic mass is 10.1. The minimum atomic E-state index is -3.91. The molecule has 0 saturated carbocycles. The van der Waals surface area contributed by atoms with E-state index in [9.17, 15) is 12.8 Å². The van der Waals surface area contributed by atoms with E-state index in [0.717, 1.165) is 22.8 Å². The zero-order chi connectivity index (χ0) is 19.1. The van der Waals surface area contributed by atoms with Crippen molar-refractivity contribution < 1.29 is 17.5 Å². The zero-order valence-electron chi connectivity index (χ0n) is 14.6. The highest BCUT2D eigenvalue weighted by Crippen LogP contribution is 2.14. The number of hydrogen-bond donors (Lipinski definition) is 1. The van der Waals surface area contributed by atoms with Crippen molar-refractivity contribution in [3.8, 4) is 0 Å². The van der Waals surface area contributed by atoms with Crippen molar-refractivity contribution in [3.63, 3.8) is 0 Å². The molecule has 0 heterocycles. The van der Waals surface area contributed by atoms with Crippen LogP contribution in [0.5, 0.6) is 0 Å². The van der Waals surface area contributed by atoms with E-state index < -0.39 is 15.8 Å². The van der Waals surface area contributed by atoms with Gasteiger partial charge in [-0.15, -0.1) is 0 Å². The lowest BCUT2D eigenvalue weighted by Gasteiger charge is -2.09. The van der Waals surface area contributed by atoms with E-state index in [1.54, 1.807) is 0 Å². The molecule has 0 bridgehead atoms. The van der Waals surface area contributed by atoms with Crippen LogP contribution in [0.25, 0.3) is 0 Å². The average molecular weight is 385 g/mol. The van der Waals surface area contributed by atoms with Gasteiger partial charge in [0.05, 0.1) is 13.2 Å². The van der Waals surface area contributed by atoms with Crippen LogP contribution in [0.1, 0.15) is 16.7 Å². The highest BCUT2D eigenvalue weighted by atomic mass is 32.2. The predicted molar refractivity (Wildman–Crippen MR) is 102 cm³/mol. The van der Waals surface area contributed by atoms with Gasteiger partial charge in [-0.25, -0.2) is 17.5 Å². The summed E-state index contributed by atoms with van der Waals surface area (Å²) in [6.07, 6.45) is 0. The fourth-order valence-corrected chi connectivity index (χ4v) is 3.70. The van der Waals surface area contributed by atoms with Crippen LogP contribution >= 0.6 is 0 Å². The summed E-state index contributed by atoms with van der Waals surface area (Å²) in [6, 6.07) is 22.6. The molecule has 0 aliphatic rings. The maximum atomic E-state index is 13.7. The molecule has 3 rings (SSSR count). The van der Waals surface area contributed by atoms with Crippen molar-refractivity contribution in [1.29, 1.82) is 0 Å². The first kappa shape index (κ1) is 19.2. The number of ether oxygens (including phenoxy) is 1. The second-order valence-corrected chi connectivity index (χ2v) is 7.79. The monoisotopic (exact) mass is 385 g/mol. The van der Waals surface area contributed by atoms with Crippen LogP contribution in [-0.4, -0.2) is 8.42 Å². The third-order valence-electron chi connectivity index (χ3n) is 3.96. The maximum Gasteiger partial charge on any atom is 0.243 e. The number of sulfonamides is 1. The van der Waals surface area contributed by atoms with Crippen LogP contribution < -0.4 is 4.72 Å². The third-order valence-corrected chi connectivity index (χ3v) is 5.40. The second kappa shape index (κ2) is 8.90. The van der Waals surface area contributed by atoms with E-state index in [-0.39, 0.29) is 11.4 Å². The van der Waals surface area contributed by atoms with Gasteiger partial charge in [-0.3, -0.25) is 0 Å². The van der Waals surface area contributed by atoms with Gasteiger partial charge < -0.3 is 4.74 Å². The van der Waals surface area contributed by atoms with E-state index in [1.807, 2.05) is 54.6 Å². The fraction of sp³-hybridized carbons (Fsp3) is 0.143. The molecule has 1 N–H and O–H groups in total. The summed E-state index contributed by atoms with van der Waals surface area (Å²) < 4.78 is 46.4. The zero-order valence-corrected chi connectivity index (χ0v) is 15.5. The number of rotatable bonds is 8. The van der Waals surface area contributed by atoms with Crippen LogP contribution in [0.4, 0.5) is 4.39 Å². The molecule has 0 aliphatic heterocycles. The Bertz CT molecular complexity index is 991. The predicted octanol–water partition coefficient (Wildman–Crippen LogP) is 4.02. The molecule has 0 radical (unpaired) electrons. The van der Waals surface area contributed by atoms with Gasteiger partial charge in [0.15, 0.2) is 0 Å². The Morgan fingerprint density at radius 3 is 2.19 bits per heavy atom. The maximum absolute atomic E-state index is 13.7. The van der Waals surface area contributed by atoms with Gasteiger partial charge in [-0.05, 0) is 28.8 Å². The van der Waals surface area contributed by atoms with Gasteiger partial charge in [0.2, 0.25) is 10.0 Å². The molecule has 4 nitrogen and oxygen atoms in total. The topological polar surface area (TPSA) is 55.4 Å². The minimum Gasteiger partial charge on any atom is -0.372 e. The van der Waals surface area contributed by atoms with Gasteiger partial charge in [0, 0.05) is 6.54 Å². The summed E-state index contributed by atoms with van der Waals surface area (Å²) in [6.45, 7) is 0.997. The Morgan fingerprint density at radius 1 is 0.778 bits per heavy atom.